The summed E-state index contributed by atoms with van der Waals surface area (Å²) in [6, 6.07) is 13.7. The normalized spacial score (nSPS) is 16.1. The number of piperazine rings is 1. The average Bonchev–Trinajstić information content (AvgIpc) is 3.27. The first-order chi connectivity index (χ1) is 14.3. The van der Waals surface area contributed by atoms with E-state index in [0.29, 0.717) is 31.2 Å². The molecule has 1 amide bonds. The monoisotopic (exact) mass is 447 g/mol. The number of aliphatic hydroxyl groups excluding tert-OH is 1. The van der Waals surface area contributed by atoms with Crippen molar-refractivity contribution < 1.29 is 18.3 Å². The zero-order valence-electron chi connectivity index (χ0n) is 16.2. The summed E-state index contributed by atoms with van der Waals surface area (Å²) in [4.78, 5) is 14.2. The van der Waals surface area contributed by atoms with Crippen molar-refractivity contribution in [2.75, 3.05) is 36.9 Å². The number of benzene rings is 2. The number of rotatable bonds is 5. The predicted molar refractivity (Wildman–Crippen MR) is 116 cm³/mol. The summed E-state index contributed by atoms with van der Waals surface area (Å²) in [5, 5.41) is 14.5. The van der Waals surface area contributed by atoms with Gasteiger partial charge in [0.1, 0.15) is 6.10 Å². The lowest BCUT2D eigenvalue weighted by molar-refractivity contribution is -0.139. The third-order valence-electron chi connectivity index (χ3n) is 5.28. The van der Waals surface area contributed by atoms with E-state index in [-0.39, 0.29) is 4.90 Å². The molecule has 1 aliphatic heterocycles. The van der Waals surface area contributed by atoms with Crippen molar-refractivity contribution in [3.63, 3.8) is 0 Å². The highest BCUT2D eigenvalue weighted by atomic mass is 35.5. The zero-order chi connectivity index (χ0) is 21.3. The fraction of sp³-hybridized carbons (Fsp3) is 0.286. The van der Waals surface area contributed by atoms with Crippen LogP contribution in [0.1, 0.15) is 0 Å². The molecule has 1 atom stereocenters. The molecule has 0 saturated carbocycles. The molecule has 1 aliphatic rings. The summed E-state index contributed by atoms with van der Waals surface area (Å²) in [7, 11) is -3.84. The van der Waals surface area contributed by atoms with Crippen LogP contribution in [0, 0.1) is 0 Å². The highest BCUT2D eigenvalue weighted by molar-refractivity contribution is 7.91. The van der Waals surface area contributed by atoms with Gasteiger partial charge in [-0.2, -0.15) is 0 Å². The van der Waals surface area contributed by atoms with Gasteiger partial charge < -0.3 is 15.0 Å². The third kappa shape index (κ3) is 4.30. The van der Waals surface area contributed by atoms with Gasteiger partial charge in [0.25, 0.3) is 5.91 Å². The lowest BCUT2D eigenvalue weighted by Gasteiger charge is -2.37. The first-order valence-electron chi connectivity index (χ1n) is 9.61. The van der Waals surface area contributed by atoms with Crippen LogP contribution in [-0.2, 0) is 14.6 Å². The standard InChI is InChI=1S/C21H22ClN3O4S/c22-18-5-3-17-14-19(6-4-16(17)13-18)30(28,29)15-20(26)21(27)23-9-11-25(12-10-23)24-7-1-2-8-24/h1-8,13-14,20,26H,9-12,15H2/t20-/m1/s1. The molecule has 30 heavy (non-hydrogen) atoms. The number of hydrogen-bond acceptors (Lipinski definition) is 5. The summed E-state index contributed by atoms with van der Waals surface area (Å²) >= 11 is 5.97. The number of halogens is 1. The number of sulfone groups is 1. The first-order valence-corrected chi connectivity index (χ1v) is 11.6. The Morgan fingerprint density at radius 3 is 2.33 bits per heavy atom. The summed E-state index contributed by atoms with van der Waals surface area (Å²) in [5.74, 6) is -1.21. The van der Waals surface area contributed by atoms with Crippen LogP contribution in [0.5, 0.6) is 0 Å². The summed E-state index contributed by atoms with van der Waals surface area (Å²) in [5.41, 5.74) is 0. The second-order valence-electron chi connectivity index (χ2n) is 7.29. The topological polar surface area (TPSA) is 82.8 Å². The van der Waals surface area contributed by atoms with Crippen molar-refractivity contribution in [2.24, 2.45) is 0 Å². The number of aliphatic hydroxyl groups is 1. The van der Waals surface area contributed by atoms with Crippen molar-refractivity contribution in [1.29, 1.82) is 0 Å². The Morgan fingerprint density at radius 2 is 1.63 bits per heavy atom. The van der Waals surface area contributed by atoms with Gasteiger partial charge in [-0.3, -0.25) is 9.47 Å². The van der Waals surface area contributed by atoms with Crippen molar-refractivity contribution in [3.05, 3.63) is 65.9 Å². The molecule has 0 unspecified atom stereocenters. The van der Waals surface area contributed by atoms with E-state index in [1.165, 1.54) is 17.0 Å². The van der Waals surface area contributed by atoms with Crippen molar-refractivity contribution >= 4 is 38.1 Å². The van der Waals surface area contributed by atoms with Crippen LogP contribution in [-0.4, -0.2) is 67.0 Å². The molecular formula is C21H22ClN3O4S. The molecule has 2 aromatic carbocycles. The molecule has 1 aromatic heterocycles. The van der Waals surface area contributed by atoms with E-state index in [1.807, 2.05) is 29.2 Å². The van der Waals surface area contributed by atoms with E-state index >= 15 is 0 Å². The van der Waals surface area contributed by atoms with E-state index in [1.54, 1.807) is 24.3 Å². The minimum absolute atomic E-state index is 0.0709. The smallest absolute Gasteiger partial charge is 0.252 e. The first kappa shape index (κ1) is 20.7. The number of amides is 1. The highest BCUT2D eigenvalue weighted by Gasteiger charge is 2.30. The second kappa shape index (κ2) is 8.29. The molecule has 2 heterocycles. The predicted octanol–water partition coefficient (Wildman–Crippen LogP) is 1.91. The van der Waals surface area contributed by atoms with E-state index < -0.39 is 27.6 Å². The van der Waals surface area contributed by atoms with Crippen LogP contribution in [0.25, 0.3) is 10.8 Å². The number of fused-ring (bicyclic) bond motifs is 1. The molecular weight excluding hydrogens is 426 g/mol. The molecule has 0 spiro atoms. The van der Waals surface area contributed by atoms with Gasteiger partial charge in [-0.15, -0.1) is 0 Å². The van der Waals surface area contributed by atoms with Crippen LogP contribution >= 0.6 is 11.6 Å². The van der Waals surface area contributed by atoms with Crippen LogP contribution in [0.2, 0.25) is 5.02 Å². The molecule has 158 valence electrons. The summed E-state index contributed by atoms with van der Waals surface area (Å²) in [6.45, 7) is 2.05. The van der Waals surface area contributed by atoms with Crippen LogP contribution in [0.15, 0.2) is 65.8 Å². The van der Waals surface area contributed by atoms with Gasteiger partial charge >= 0.3 is 0 Å². The Morgan fingerprint density at radius 1 is 1.00 bits per heavy atom. The van der Waals surface area contributed by atoms with Gasteiger partial charge in [-0.05, 0) is 47.2 Å². The number of carbonyl (C=O) groups is 1. The third-order valence-corrected chi connectivity index (χ3v) is 7.24. The van der Waals surface area contributed by atoms with Gasteiger partial charge in [-0.25, -0.2) is 8.42 Å². The SMILES string of the molecule is O=C([C@H](O)CS(=O)(=O)c1ccc2cc(Cl)ccc2c1)N1CCN(n2cccc2)CC1. The fourth-order valence-corrected chi connectivity index (χ4v) is 5.15. The van der Waals surface area contributed by atoms with E-state index in [2.05, 4.69) is 5.01 Å². The van der Waals surface area contributed by atoms with Crippen LogP contribution < -0.4 is 5.01 Å². The zero-order valence-corrected chi connectivity index (χ0v) is 17.8. The molecule has 9 heteroatoms. The largest absolute Gasteiger partial charge is 0.382 e. The second-order valence-corrected chi connectivity index (χ2v) is 9.76. The average molecular weight is 448 g/mol. The van der Waals surface area contributed by atoms with Gasteiger partial charge in [-0.1, -0.05) is 23.7 Å². The van der Waals surface area contributed by atoms with Gasteiger partial charge in [0.15, 0.2) is 9.84 Å². The number of aromatic nitrogens is 1. The number of hydrogen-bond donors (Lipinski definition) is 1. The fourth-order valence-electron chi connectivity index (χ4n) is 3.64. The van der Waals surface area contributed by atoms with Crippen LogP contribution in [0.4, 0.5) is 0 Å². The van der Waals surface area contributed by atoms with Crippen molar-refractivity contribution in [1.82, 2.24) is 9.58 Å². The molecule has 1 fully saturated rings. The van der Waals surface area contributed by atoms with Gasteiger partial charge in [0.2, 0.25) is 0 Å². The Bertz CT molecular complexity index is 1160. The Hall–Kier alpha value is -2.55. The number of nitrogens with zero attached hydrogens (tertiary/aromatic N) is 3. The van der Waals surface area contributed by atoms with E-state index in [0.717, 1.165) is 10.8 Å². The molecule has 3 aromatic rings. The molecule has 7 nitrogen and oxygen atoms in total. The highest BCUT2D eigenvalue weighted by Crippen LogP contribution is 2.23. The molecule has 1 saturated heterocycles. The van der Waals surface area contributed by atoms with E-state index in [4.69, 9.17) is 11.6 Å². The molecule has 1 N–H and O–H groups in total. The van der Waals surface area contributed by atoms with Gasteiger partial charge in [0, 0.05) is 30.5 Å². The Labute approximate surface area is 180 Å². The molecule has 4 rings (SSSR count). The summed E-state index contributed by atoms with van der Waals surface area (Å²) in [6.07, 6.45) is 2.25. The summed E-state index contributed by atoms with van der Waals surface area (Å²) < 4.78 is 27.5. The quantitative estimate of drug-likeness (QED) is 0.646. The minimum atomic E-state index is -3.84. The van der Waals surface area contributed by atoms with E-state index in [9.17, 15) is 18.3 Å². The Kier molecular flexibility index (Phi) is 5.73. The Balaban J connectivity index is 1.41. The number of carbonyl (C=O) groups excluding carboxylic acids is 1. The minimum Gasteiger partial charge on any atom is -0.382 e. The molecule has 0 bridgehead atoms. The van der Waals surface area contributed by atoms with Crippen molar-refractivity contribution in [3.8, 4) is 0 Å². The maximum absolute atomic E-state index is 12.8. The van der Waals surface area contributed by atoms with Crippen LogP contribution in [0.3, 0.4) is 0 Å². The lowest BCUT2D eigenvalue weighted by Crippen LogP contribution is -2.55. The molecule has 0 aliphatic carbocycles. The maximum Gasteiger partial charge on any atom is 0.252 e. The molecule has 0 radical (unpaired) electrons. The maximum atomic E-state index is 12.8. The van der Waals surface area contributed by atoms with Gasteiger partial charge in [0.05, 0.1) is 23.7 Å². The van der Waals surface area contributed by atoms with Crippen molar-refractivity contribution in [2.45, 2.75) is 11.0 Å². The lowest BCUT2D eigenvalue weighted by atomic mass is 10.1.